The van der Waals surface area contributed by atoms with Gasteiger partial charge in [-0.2, -0.15) is 0 Å². The number of esters is 3. The molecule has 0 N–H and O–H groups in total. The summed E-state index contributed by atoms with van der Waals surface area (Å²) in [6, 6.07) is 1.72. The van der Waals surface area contributed by atoms with Crippen molar-refractivity contribution in [3.05, 3.63) is 36.0 Å². The van der Waals surface area contributed by atoms with Crippen LogP contribution in [0.2, 0.25) is 51.4 Å². The molecule has 1 saturated carbocycles. The van der Waals surface area contributed by atoms with Crippen LogP contribution < -0.4 is 0 Å². The van der Waals surface area contributed by atoms with Crippen molar-refractivity contribution in [3.63, 3.8) is 0 Å². The lowest BCUT2D eigenvalue weighted by Gasteiger charge is -2.58. The summed E-state index contributed by atoms with van der Waals surface area (Å²) in [5.74, 6) is -1.55. The van der Waals surface area contributed by atoms with Gasteiger partial charge in [0.1, 0.15) is 23.9 Å². The van der Waals surface area contributed by atoms with Gasteiger partial charge in [0, 0.05) is 46.6 Å². The Kier molecular flexibility index (Phi) is 11.8. The zero-order valence-electron chi connectivity index (χ0n) is 32.4. The molecule has 3 heterocycles. The summed E-state index contributed by atoms with van der Waals surface area (Å²) in [5, 5.41) is 0. The van der Waals surface area contributed by atoms with Crippen LogP contribution in [0.3, 0.4) is 0 Å². The van der Waals surface area contributed by atoms with Crippen molar-refractivity contribution in [1.82, 2.24) is 0 Å². The van der Waals surface area contributed by atoms with Crippen molar-refractivity contribution in [3.8, 4) is 0 Å². The third kappa shape index (κ3) is 8.77. The fraction of sp³-hybridized carbons (Fsp3) is 0.737. The number of fused-ring (bicyclic) bond motifs is 2. The molecule has 8 atom stereocenters. The van der Waals surface area contributed by atoms with Crippen LogP contribution in [0.15, 0.2) is 36.0 Å². The predicted octanol–water partition coefficient (Wildman–Crippen LogP) is 6.15. The maximum atomic E-state index is 13.5. The number of carbonyl (C=O) groups is 4. The molecule has 52 heavy (non-hydrogen) atoms. The zero-order chi connectivity index (χ0) is 38.2. The summed E-state index contributed by atoms with van der Waals surface area (Å²) in [7, 11) is -2.69. The van der Waals surface area contributed by atoms with Crippen LogP contribution in [-0.2, 0) is 52.3 Å². The molecule has 5 aliphatic rings. The van der Waals surface area contributed by atoms with Gasteiger partial charge < -0.3 is 37.9 Å². The van der Waals surface area contributed by atoms with Crippen molar-refractivity contribution in [2.24, 2.45) is 10.8 Å². The van der Waals surface area contributed by atoms with Gasteiger partial charge in [-0.05, 0) is 38.8 Å². The maximum Gasteiger partial charge on any atom is 0.508 e. The molecule has 5 rings (SSSR count). The molecule has 0 aromatic rings. The average molecular weight is 763 g/mol. The van der Waals surface area contributed by atoms with Gasteiger partial charge in [-0.3, -0.25) is 0 Å². The van der Waals surface area contributed by atoms with E-state index in [9.17, 15) is 19.2 Å². The minimum absolute atomic E-state index is 0.0300. The van der Waals surface area contributed by atoms with E-state index in [4.69, 9.17) is 37.9 Å². The number of hydrogen-bond donors (Lipinski definition) is 0. The fourth-order valence-corrected chi connectivity index (χ4v) is 9.33. The Bertz CT molecular complexity index is 1470. The van der Waals surface area contributed by atoms with Crippen LogP contribution >= 0.6 is 0 Å². The van der Waals surface area contributed by atoms with Gasteiger partial charge >= 0.3 is 24.1 Å². The molecule has 14 heteroatoms. The number of allylic oxidation sites excluding steroid dienone is 3. The van der Waals surface area contributed by atoms with E-state index in [1.807, 2.05) is 0 Å². The van der Waals surface area contributed by atoms with E-state index in [0.717, 1.165) is 18.5 Å². The molecule has 1 unspecified atom stereocenters. The monoisotopic (exact) mass is 762 g/mol. The molecule has 0 radical (unpaired) electrons. The largest absolute Gasteiger partial charge is 0.508 e. The lowest BCUT2D eigenvalue weighted by atomic mass is 9.51. The zero-order valence-corrected chi connectivity index (χ0v) is 34.4. The topological polar surface area (TPSA) is 149 Å². The lowest BCUT2D eigenvalue weighted by Crippen LogP contribution is -2.66. The van der Waals surface area contributed by atoms with E-state index >= 15 is 0 Å². The minimum Gasteiger partial charge on any atom is -0.463 e. The van der Waals surface area contributed by atoms with Gasteiger partial charge in [0.15, 0.2) is 6.10 Å². The van der Waals surface area contributed by atoms with Gasteiger partial charge in [0.25, 0.3) is 0 Å². The van der Waals surface area contributed by atoms with Crippen LogP contribution in [0.25, 0.3) is 0 Å². The van der Waals surface area contributed by atoms with Crippen LogP contribution in [0.4, 0.5) is 4.79 Å². The molecule has 2 aliphatic carbocycles. The molecule has 0 aromatic heterocycles. The van der Waals surface area contributed by atoms with E-state index in [0.29, 0.717) is 32.7 Å². The molecule has 4 fully saturated rings. The first-order valence-electron chi connectivity index (χ1n) is 18.6. The van der Waals surface area contributed by atoms with Gasteiger partial charge in [-0.25, -0.2) is 19.2 Å². The molecule has 3 saturated heterocycles. The minimum atomic E-state index is -1.40. The normalized spacial score (nSPS) is 34.8. The Morgan fingerprint density at radius 1 is 0.885 bits per heavy atom. The van der Waals surface area contributed by atoms with Crippen LogP contribution in [0.1, 0.15) is 46.5 Å². The third-order valence-corrected chi connectivity index (χ3v) is 15.0. The maximum absolute atomic E-state index is 13.5. The summed E-state index contributed by atoms with van der Waals surface area (Å²) in [5.41, 5.74) is -1.73. The van der Waals surface area contributed by atoms with E-state index in [2.05, 4.69) is 59.2 Å². The summed E-state index contributed by atoms with van der Waals surface area (Å²) in [4.78, 5) is 50.5. The molecule has 0 amide bonds. The van der Waals surface area contributed by atoms with Crippen molar-refractivity contribution in [1.29, 1.82) is 0 Å². The first-order chi connectivity index (χ1) is 24.2. The first-order valence-corrected chi connectivity index (χ1v) is 26.0. The van der Waals surface area contributed by atoms with Gasteiger partial charge in [-0.15, -0.1) is 0 Å². The van der Waals surface area contributed by atoms with E-state index in [1.54, 1.807) is 6.92 Å². The van der Waals surface area contributed by atoms with Gasteiger partial charge in [0.2, 0.25) is 0 Å². The van der Waals surface area contributed by atoms with Crippen LogP contribution in [0.5, 0.6) is 0 Å². The van der Waals surface area contributed by atoms with Crippen molar-refractivity contribution in [2.45, 2.75) is 133 Å². The highest BCUT2D eigenvalue weighted by Gasteiger charge is 2.83. The summed E-state index contributed by atoms with van der Waals surface area (Å²) >= 11 is 0. The molecular formula is C38H58O12Si2. The molecular weight excluding hydrogens is 705 g/mol. The lowest BCUT2D eigenvalue weighted by molar-refractivity contribution is -0.231. The van der Waals surface area contributed by atoms with E-state index < -0.39 is 74.5 Å². The van der Waals surface area contributed by atoms with Crippen LogP contribution in [-0.4, -0.2) is 109 Å². The van der Waals surface area contributed by atoms with E-state index in [-0.39, 0.29) is 31.8 Å². The second kappa shape index (κ2) is 15.2. The Hall–Kier alpha value is -2.79. The molecule has 12 nitrogen and oxygen atoms in total. The highest BCUT2D eigenvalue weighted by Crippen LogP contribution is 2.72. The number of ether oxygens (including phenoxy) is 8. The number of hydrogen-bond acceptors (Lipinski definition) is 12. The molecule has 1 spiro atoms. The number of epoxide rings is 2. The van der Waals surface area contributed by atoms with Crippen molar-refractivity contribution >= 4 is 40.2 Å². The number of rotatable bonds is 16. The summed E-state index contributed by atoms with van der Waals surface area (Å²) in [6.45, 7) is 20.5. The predicted molar refractivity (Wildman–Crippen MR) is 197 cm³/mol. The highest BCUT2D eigenvalue weighted by molar-refractivity contribution is 6.76. The standard InChI is InChI=1S/C38H58O12Si2/c1-26-14-15-37(28(22-26)48-29-23-27(36(37,3)38(29)25-47-38)49-34(42)45-19-21-52(7,8)9)24-46-33(41)32-35(2,50-32)16-17-43-30(39)12-10-11-13-31(40)44-18-20-51(4,5)6/h10-13,22,27-29,32H,14-21,23-25H2,1-9H3/b12-10+,13-11-/t27-,28-,29-,32-,35-,36-,37-,38?/m1/s1. The Morgan fingerprint density at radius 3 is 2.08 bits per heavy atom. The Balaban J connectivity index is 1.14. The molecule has 290 valence electrons. The SMILES string of the molecule is CC1=C[C@H]2O[C@@H]3C[C@@H](OC(=O)OCC[Si](C)(C)C)[C@@](C)(C34CO4)[C@@]2(COC(=O)[C@H]2O[C@]2(C)CCOC(=O)/C=C/C=C\C(=O)OCC[Si](C)(C)C)CC1. The van der Waals surface area contributed by atoms with Gasteiger partial charge in [0.05, 0.1) is 44.1 Å². The number of carbonyl (C=O) groups excluding carboxylic acids is 4. The van der Waals surface area contributed by atoms with E-state index in [1.165, 1.54) is 29.9 Å². The quantitative estimate of drug-likeness (QED) is 0.0338. The molecule has 0 aromatic carbocycles. The highest BCUT2D eigenvalue weighted by atomic mass is 28.3. The second-order valence-electron chi connectivity index (χ2n) is 17.9. The summed E-state index contributed by atoms with van der Waals surface area (Å²) in [6.07, 6.45) is 6.94. The molecule has 3 aliphatic heterocycles. The van der Waals surface area contributed by atoms with Crippen molar-refractivity contribution < 1.29 is 57.1 Å². The third-order valence-electron chi connectivity index (χ3n) is 11.6. The summed E-state index contributed by atoms with van der Waals surface area (Å²) < 4.78 is 46.9. The average Bonchev–Trinajstić information content (AvgIpc) is 3.95. The first kappa shape index (κ1) is 40.4. The second-order valence-corrected chi connectivity index (χ2v) is 29.1. The molecule has 2 bridgehead atoms. The van der Waals surface area contributed by atoms with Gasteiger partial charge in [-0.1, -0.05) is 70.0 Å². The Labute approximate surface area is 309 Å². The fourth-order valence-electron chi connectivity index (χ4n) is 7.90. The van der Waals surface area contributed by atoms with Crippen LogP contribution in [0, 0.1) is 10.8 Å². The smallest absolute Gasteiger partial charge is 0.463 e. The van der Waals surface area contributed by atoms with Crippen molar-refractivity contribution in [2.75, 3.05) is 33.0 Å². The Morgan fingerprint density at radius 2 is 1.48 bits per heavy atom.